The van der Waals surface area contributed by atoms with Crippen LogP contribution in [0.25, 0.3) is 0 Å². The van der Waals surface area contributed by atoms with Crippen molar-refractivity contribution in [3.63, 3.8) is 0 Å². The fourth-order valence-electron chi connectivity index (χ4n) is 1.68. The molecule has 0 aliphatic rings. The molecule has 0 radical (unpaired) electrons. The Hall–Kier alpha value is -1.29. The van der Waals surface area contributed by atoms with Gasteiger partial charge in [0.2, 0.25) is 0 Å². The highest BCUT2D eigenvalue weighted by Gasteiger charge is 2.12. The molecule has 0 aliphatic heterocycles. The molecule has 1 rings (SSSR count). The van der Waals surface area contributed by atoms with Crippen molar-refractivity contribution in [2.24, 2.45) is 5.92 Å². The zero-order valence-corrected chi connectivity index (χ0v) is 11.2. The number of carboxylic acid groups (broad SMARTS) is 1. The third-order valence-electron chi connectivity index (χ3n) is 2.45. The minimum Gasteiger partial charge on any atom is -0.481 e. The maximum Gasteiger partial charge on any atom is 0.305 e. The molecule has 0 amide bonds. The summed E-state index contributed by atoms with van der Waals surface area (Å²) in [5, 5.41) is 8.78. The summed E-state index contributed by atoms with van der Waals surface area (Å²) >= 11 is 5.74. The van der Waals surface area contributed by atoms with Crippen LogP contribution in [0.5, 0.6) is 0 Å². The number of nitrogens with zero attached hydrogens (tertiary/aromatic N) is 1. The van der Waals surface area contributed by atoms with Crippen LogP contribution in [0.1, 0.15) is 20.3 Å². The molecule has 0 fully saturated rings. The lowest BCUT2D eigenvalue weighted by molar-refractivity contribution is -0.136. The monoisotopic (exact) mass is 273 g/mol. The van der Waals surface area contributed by atoms with Gasteiger partial charge in [0.25, 0.3) is 0 Å². The summed E-state index contributed by atoms with van der Waals surface area (Å²) in [4.78, 5) is 12.5. The van der Waals surface area contributed by atoms with E-state index in [2.05, 4.69) is 0 Å². The lowest BCUT2D eigenvalue weighted by atomic mass is 10.1. The van der Waals surface area contributed by atoms with Gasteiger partial charge < -0.3 is 10.0 Å². The molecule has 0 bridgehead atoms. The number of rotatable bonds is 6. The molecule has 18 heavy (non-hydrogen) atoms. The molecule has 0 saturated carbocycles. The van der Waals surface area contributed by atoms with Gasteiger partial charge in [0.15, 0.2) is 0 Å². The second-order valence-electron chi connectivity index (χ2n) is 4.58. The van der Waals surface area contributed by atoms with Crippen molar-refractivity contribution in [1.29, 1.82) is 0 Å². The molecular weight excluding hydrogens is 257 g/mol. The predicted octanol–water partition coefficient (Wildman–Crippen LogP) is 3.42. The lowest BCUT2D eigenvalue weighted by Crippen LogP contribution is -2.30. The molecule has 0 aromatic heterocycles. The molecule has 1 aromatic rings. The van der Waals surface area contributed by atoms with Crippen molar-refractivity contribution in [1.82, 2.24) is 0 Å². The first-order chi connectivity index (χ1) is 8.40. The Bertz CT molecular complexity index is 423. The van der Waals surface area contributed by atoms with Crippen molar-refractivity contribution in [3.05, 3.63) is 29.0 Å². The summed E-state index contributed by atoms with van der Waals surface area (Å²) in [7, 11) is 0. The highest BCUT2D eigenvalue weighted by Crippen LogP contribution is 2.23. The minimum absolute atomic E-state index is 0.0434. The van der Waals surface area contributed by atoms with Gasteiger partial charge in [0, 0.05) is 18.8 Å². The Morgan fingerprint density at radius 3 is 2.67 bits per heavy atom. The molecule has 0 spiro atoms. The Kier molecular flexibility index (Phi) is 5.41. The molecule has 1 N–H and O–H groups in total. The van der Waals surface area contributed by atoms with E-state index in [1.54, 1.807) is 6.07 Å². The van der Waals surface area contributed by atoms with Crippen molar-refractivity contribution in [2.45, 2.75) is 20.3 Å². The van der Waals surface area contributed by atoms with Gasteiger partial charge in [-0.15, -0.1) is 0 Å². The van der Waals surface area contributed by atoms with E-state index in [-0.39, 0.29) is 11.4 Å². The van der Waals surface area contributed by atoms with Crippen LogP contribution in [-0.2, 0) is 4.79 Å². The van der Waals surface area contributed by atoms with Crippen LogP contribution < -0.4 is 4.90 Å². The van der Waals surface area contributed by atoms with E-state index in [9.17, 15) is 9.18 Å². The van der Waals surface area contributed by atoms with Gasteiger partial charge in [0.1, 0.15) is 5.82 Å². The molecule has 3 nitrogen and oxygen atoms in total. The number of aliphatic carboxylic acids is 1. The maximum absolute atomic E-state index is 13.1. The third-order valence-corrected chi connectivity index (χ3v) is 2.74. The summed E-state index contributed by atoms with van der Waals surface area (Å²) in [5.41, 5.74) is 0.747. The highest BCUT2D eigenvalue weighted by molar-refractivity contribution is 6.31. The standard InChI is InChI=1S/C13H17ClFNO2/c1-9(2)8-16(6-5-13(17)18)10-3-4-12(15)11(14)7-10/h3-4,7,9H,5-6,8H2,1-2H3,(H,17,18). The van der Waals surface area contributed by atoms with Gasteiger partial charge in [0.05, 0.1) is 11.4 Å². The summed E-state index contributed by atoms with van der Waals surface area (Å²) in [6.07, 6.45) is 0.0434. The van der Waals surface area contributed by atoms with Gasteiger partial charge in [-0.25, -0.2) is 4.39 Å². The van der Waals surface area contributed by atoms with Gasteiger partial charge in [-0.1, -0.05) is 25.4 Å². The Morgan fingerprint density at radius 1 is 1.50 bits per heavy atom. The van der Waals surface area contributed by atoms with Crippen molar-refractivity contribution in [2.75, 3.05) is 18.0 Å². The van der Waals surface area contributed by atoms with Crippen LogP contribution in [-0.4, -0.2) is 24.2 Å². The average molecular weight is 274 g/mol. The fraction of sp³-hybridized carbons (Fsp3) is 0.462. The van der Waals surface area contributed by atoms with Crippen LogP contribution in [0.2, 0.25) is 5.02 Å². The first-order valence-electron chi connectivity index (χ1n) is 5.82. The number of halogens is 2. The molecule has 1 aromatic carbocycles. The van der Waals surface area contributed by atoms with Crippen LogP contribution in [0.4, 0.5) is 10.1 Å². The van der Waals surface area contributed by atoms with Gasteiger partial charge in [-0.3, -0.25) is 4.79 Å². The normalized spacial score (nSPS) is 10.7. The number of anilines is 1. The molecule has 0 saturated heterocycles. The van der Waals surface area contributed by atoms with Crippen LogP contribution in [0, 0.1) is 11.7 Å². The number of hydrogen-bond acceptors (Lipinski definition) is 2. The predicted molar refractivity (Wildman–Crippen MR) is 70.7 cm³/mol. The van der Waals surface area contributed by atoms with E-state index < -0.39 is 11.8 Å². The molecule has 0 unspecified atom stereocenters. The van der Waals surface area contributed by atoms with Crippen molar-refractivity contribution in [3.8, 4) is 0 Å². The van der Waals surface area contributed by atoms with Crippen LogP contribution >= 0.6 is 11.6 Å². The molecular formula is C13H17ClFNO2. The molecule has 100 valence electrons. The number of benzene rings is 1. The highest BCUT2D eigenvalue weighted by atomic mass is 35.5. The van der Waals surface area contributed by atoms with Gasteiger partial charge in [-0.05, 0) is 24.1 Å². The average Bonchev–Trinajstić information content (AvgIpc) is 2.27. The Morgan fingerprint density at radius 2 is 2.17 bits per heavy atom. The lowest BCUT2D eigenvalue weighted by Gasteiger charge is -2.26. The van der Waals surface area contributed by atoms with E-state index in [0.29, 0.717) is 19.0 Å². The van der Waals surface area contributed by atoms with E-state index in [4.69, 9.17) is 16.7 Å². The van der Waals surface area contributed by atoms with Crippen LogP contribution in [0.15, 0.2) is 18.2 Å². The Labute approximate surface area is 111 Å². The van der Waals surface area contributed by atoms with E-state index in [1.807, 2.05) is 18.7 Å². The zero-order chi connectivity index (χ0) is 13.7. The number of hydrogen-bond donors (Lipinski definition) is 1. The molecule has 0 aliphatic carbocycles. The maximum atomic E-state index is 13.1. The second kappa shape index (κ2) is 6.59. The first kappa shape index (κ1) is 14.8. The van der Waals surface area contributed by atoms with E-state index in [0.717, 1.165) is 5.69 Å². The third kappa shape index (κ3) is 4.53. The van der Waals surface area contributed by atoms with Crippen molar-refractivity contribution < 1.29 is 14.3 Å². The molecule has 0 heterocycles. The second-order valence-corrected chi connectivity index (χ2v) is 4.99. The summed E-state index contributed by atoms with van der Waals surface area (Å²) in [6.45, 7) is 5.17. The zero-order valence-electron chi connectivity index (χ0n) is 10.5. The molecule has 5 heteroatoms. The quantitative estimate of drug-likeness (QED) is 0.863. The topological polar surface area (TPSA) is 40.5 Å². The summed E-state index contributed by atoms with van der Waals surface area (Å²) in [5.74, 6) is -0.942. The van der Waals surface area contributed by atoms with Gasteiger partial charge in [-0.2, -0.15) is 0 Å². The fourth-order valence-corrected chi connectivity index (χ4v) is 1.85. The SMILES string of the molecule is CC(C)CN(CCC(=O)O)c1ccc(F)c(Cl)c1. The minimum atomic E-state index is -0.850. The smallest absolute Gasteiger partial charge is 0.305 e. The van der Waals surface area contributed by atoms with E-state index >= 15 is 0 Å². The largest absolute Gasteiger partial charge is 0.481 e. The van der Waals surface area contributed by atoms with E-state index in [1.165, 1.54) is 12.1 Å². The molecule has 0 atom stereocenters. The van der Waals surface area contributed by atoms with Crippen LogP contribution in [0.3, 0.4) is 0 Å². The number of carbonyl (C=O) groups is 1. The van der Waals surface area contributed by atoms with Crippen molar-refractivity contribution >= 4 is 23.3 Å². The number of carboxylic acids is 1. The van der Waals surface area contributed by atoms with Gasteiger partial charge >= 0.3 is 5.97 Å². The first-order valence-corrected chi connectivity index (χ1v) is 6.19. The Balaban J connectivity index is 2.86. The summed E-state index contributed by atoms with van der Waals surface area (Å²) in [6, 6.07) is 4.44. The summed E-state index contributed by atoms with van der Waals surface area (Å²) < 4.78 is 13.1.